The molecule has 0 unspecified atom stereocenters. The molecule has 114 valence electrons. The number of rotatable bonds is 0. The molecule has 0 bridgehead atoms. The van der Waals surface area contributed by atoms with Crippen molar-refractivity contribution in [2.24, 2.45) is 0 Å². The maximum Gasteiger partial charge on any atom is 0.0227 e. The van der Waals surface area contributed by atoms with Gasteiger partial charge in [-0.25, -0.2) is 0 Å². The van der Waals surface area contributed by atoms with E-state index in [0.717, 1.165) is 0 Å². The molecule has 0 saturated carbocycles. The Labute approximate surface area is 142 Å². The Balaban J connectivity index is 3.97. The molecule has 0 aliphatic rings. The topological polar surface area (TPSA) is 0 Å². The lowest BCUT2D eigenvalue weighted by molar-refractivity contribution is 0.494. The van der Waals surface area contributed by atoms with E-state index in [1.165, 1.54) is 25.6 Å². The molecular formula is C18H28Br2. The Morgan fingerprint density at radius 2 is 0.800 bits per heavy atom. The van der Waals surface area contributed by atoms with Crippen LogP contribution in [0.5, 0.6) is 0 Å². The summed E-state index contributed by atoms with van der Waals surface area (Å²) in [6, 6.07) is 2.22. The molecule has 20 heavy (non-hydrogen) atoms. The van der Waals surface area contributed by atoms with E-state index in [1.807, 2.05) is 0 Å². The number of hydrogen-bond acceptors (Lipinski definition) is 0. The highest BCUT2D eigenvalue weighted by atomic mass is 79.9. The first-order valence-corrected chi connectivity index (χ1v) is 8.79. The lowest BCUT2D eigenvalue weighted by Gasteiger charge is -2.38. The minimum atomic E-state index is 0.109. The van der Waals surface area contributed by atoms with Gasteiger partial charge in [0.25, 0.3) is 0 Å². The molecule has 0 nitrogen and oxygen atoms in total. The van der Waals surface area contributed by atoms with Gasteiger partial charge < -0.3 is 0 Å². The van der Waals surface area contributed by atoms with E-state index in [4.69, 9.17) is 0 Å². The van der Waals surface area contributed by atoms with Crippen LogP contribution in [0.15, 0.2) is 15.0 Å². The van der Waals surface area contributed by atoms with Gasteiger partial charge in [-0.1, -0.05) is 94.2 Å². The van der Waals surface area contributed by atoms with Crippen molar-refractivity contribution < 1.29 is 0 Å². The highest BCUT2D eigenvalue weighted by molar-refractivity contribution is 9.11. The van der Waals surface area contributed by atoms with Crippen molar-refractivity contribution in [3.8, 4) is 0 Å². The third-order valence-electron chi connectivity index (χ3n) is 3.48. The van der Waals surface area contributed by atoms with Crippen LogP contribution in [0.3, 0.4) is 0 Å². The minimum Gasteiger partial charge on any atom is -0.0561 e. The van der Waals surface area contributed by atoms with Crippen molar-refractivity contribution in [3.63, 3.8) is 0 Å². The minimum absolute atomic E-state index is 0.109. The first-order chi connectivity index (χ1) is 8.67. The summed E-state index contributed by atoms with van der Waals surface area (Å²) in [5.41, 5.74) is 4.66. The highest BCUT2D eigenvalue weighted by Crippen LogP contribution is 2.47. The summed E-state index contributed by atoms with van der Waals surface area (Å²) in [6.07, 6.45) is 0. The molecule has 0 atom stereocenters. The van der Waals surface area contributed by atoms with Crippen molar-refractivity contribution in [2.75, 3.05) is 0 Å². The van der Waals surface area contributed by atoms with E-state index < -0.39 is 0 Å². The molecule has 0 heterocycles. The first kappa shape index (κ1) is 18.2. The predicted octanol–water partition coefficient (Wildman–Crippen LogP) is 7.10. The first-order valence-electron chi connectivity index (χ1n) is 7.21. The summed E-state index contributed by atoms with van der Waals surface area (Å²) >= 11 is 7.59. The van der Waals surface area contributed by atoms with Gasteiger partial charge >= 0.3 is 0 Å². The van der Waals surface area contributed by atoms with Crippen LogP contribution in [0.2, 0.25) is 0 Å². The SMILES string of the molecule is CC(C)(C)c1c(Br)cc(Br)c(C(C)(C)C)c1C(C)(C)C. The molecule has 0 fully saturated rings. The van der Waals surface area contributed by atoms with Crippen LogP contribution in [-0.4, -0.2) is 0 Å². The summed E-state index contributed by atoms with van der Waals surface area (Å²) in [5.74, 6) is 0. The van der Waals surface area contributed by atoms with Gasteiger partial charge in [-0.3, -0.25) is 0 Å². The van der Waals surface area contributed by atoms with E-state index in [-0.39, 0.29) is 16.2 Å². The Bertz CT molecular complexity index is 468. The molecule has 2 heteroatoms. The van der Waals surface area contributed by atoms with Gasteiger partial charge in [-0.15, -0.1) is 0 Å². The average molecular weight is 404 g/mol. The van der Waals surface area contributed by atoms with Gasteiger partial charge in [0.15, 0.2) is 0 Å². The Kier molecular flexibility index (Phi) is 4.95. The van der Waals surface area contributed by atoms with Gasteiger partial charge in [0.2, 0.25) is 0 Å². The van der Waals surface area contributed by atoms with Gasteiger partial charge in [0, 0.05) is 8.95 Å². The molecule has 0 N–H and O–H groups in total. The van der Waals surface area contributed by atoms with Crippen LogP contribution >= 0.6 is 31.9 Å². The lowest BCUT2D eigenvalue weighted by Crippen LogP contribution is -2.29. The Hall–Kier alpha value is 0.180. The maximum atomic E-state index is 3.80. The standard InChI is InChI=1S/C18H28Br2/c1-16(2,3)13-11(19)10-12(20)14(17(4,5)6)15(13)18(7,8)9/h10H,1-9H3. The molecule has 1 aromatic rings. The molecule has 0 amide bonds. The number of halogens is 2. The van der Waals surface area contributed by atoms with Crippen molar-refractivity contribution in [3.05, 3.63) is 31.7 Å². The summed E-state index contributed by atoms with van der Waals surface area (Å²) < 4.78 is 2.41. The second-order valence-electron chi connectivity index (χ2n) is 8.72. The smallest absolute Gasteiger partial charge is 0.0227 e. The molecule has 1 rings (SSSR count). The van der Waals surface area contributed by atoms with Gasteiger partial charge in [-0.05, 0) is 39.0 Å². The third-order valence-corrected chi connectivity index (χ3v) is 4.73. The van der Waals surface area contributed by atoms with Gasteiger partial charge in [0.05, 0.1) is 0 Å². The molecule has 0 aliphatic carbocycles. The van der Waals surface area contributed by atoms with Crippen LogP contribution < -0.4 is 0 Å². The van der Waals surface area contributed by atoms with E-state index >= 15 is 0 Å². The largest absolute Gasteiger partial charge is 0.0561 e. The predicted molar refractivity (Wildman–Crippen MR) is 97.9 cm³/mol. The van der Waals surface area contributed by atoms with Crippen LogP contribution in [-0.2, 0) is 16.2 Å². The summed E-state index contributed by atoms with van der Waals surface area (Å²) in [7, 11) is 0. The summed E-state index contributed by atoms with van der Waals surface area (Å²) in [6.45, 7) is 20.7. The maximum absolute atomic E-state index is 3.80. The third kappa shape index (κ3) is 3.68. The fourth-order valence-corrected chi connectivity index (χ4v) is 5.19. The normalized spacial score (nSPS) is 13.8. The zero-order chi connectivity index (χ0) is 16.1. The van der Waals surface area contributed by atoms with Crippen molar-refractivity contribution in [2.45, 2.75) is 78.6 Å². The number of benzene rings is 1. The van der Waals surface area contributed by atoms with Crippen molar-refractivity contribution in [1.82, 2.24) is 0 Å². The number of hydrogen-bond donors (Lipinski definition) is 0. The molecule has 0 radical (unpaired) electrons. The quantitative estimate of drug-likeness (QED) is 0.433. The fraction of sp³-hybridized carbons (Fsp3) is 0.667. The lowest BCUT2D eigenvalue weighted by atomic mass is 9.69. The molecule has 0 saturated heterocycles. The Morgan fingerprint density at radius 3 is 1.00 bits per heavy atom. The van der Waals surface area contributed by atoms with Crippen LogP contribution in [0.1, 0.15) is 79.0 Å². The van der Waals surface area contributed by atoms with Crippen LogP contribution in [0.4, 0.5) is 0 Å². The molecular weight excluding hydrogens is 376 g/mol. The van der Waals surface area contributed by atoms with Gasteiger partial charge in [-0.2, -0.15) is 0 Å². The summed E-state index contributed by atoms with van der Waals surface area (Å²) in [5, 5.41) is 0. The van der Waals surface area contributed by atoms with Crippen LogP contribution in [0, 0.1) is 0 Å². The van der Waals surface area contributed by atoms with Crippen LogP contribution in [0.25, 0.3) is 0 Å². The molecule has 0 spiro atoms. The van der Waals surface area contributed by atoms with Gasteiger partial charge in [0.1, 0.15) is 0 Å². The average Bonchev–Trinajstić information content (AvgIpc) is 2.09. The molecule has 0 aliphatic heterocycles. The second kappa shape index (κ2) is 5.43. The summed E-state index contributed by atoms with van der Waals surface area (Å²) in [4.78, 5) is 0. The van der Waals surface area contributed by atoms with E-state index in [1.54, 1.807) is 0 Å². The van der Waals surface area contributed by atoms with Crippen molar-refractivity contribution >= 4 is 31.9 Å². The highest BCUT2D eigenvalue weighted by Gasteiger charge is 2.34. The zero-order valence-electron chi connectivity index (χ0n) is 14.3. The van der Waals surface area contributed by atoms with E-state index in [0.29, 0.717) is 0 Å². The zero-order valence-corrected chi connectivity index (χ0v) is 17.5. The monoisotopic (exact) mass is 402 g/mol. The van der Waals surface area contributed by atoms with E-state index in [9.17, 15) is 0 Å². The van der Waals surface area contributed by atoms with Crippen molar-refractivity contribution in [1.29, 1.82) is 0 Å². The molecule has 0 aromatic heterocycles. The van der Waals surface area contributed by atoms with E-state index in [2.05, 4.69) is 100 Å². The molecule has 1 aromatic carbocycles. The second-order valence-corrected chi connectivity index (χ2v) is 10.4. The fourth-order valence-electron chi connectivity index (χ4n) is 2.84. The Morgan fingerprint density at radius 1 is 0.550 bits per heavy atom.